The molecule has 0 N–H and O–H groups in total. The third kappa shape index (κ3) is 2.06. The van der Waals surface area contributed by atoms with Crippen molar-refractivity contribution >= 4 is 0 Å². The number of hydrogen-bond acceptors (Lipinski definition) is 2. The van der Waals surface area contributed by atoms with Crippen LogP contribution in [0.4, 0.5) is 26.3 Å². The Labute approximate surface area is 92.5 Å². The van der Waals surface area contributed by atoms with Gasteiger partial charge in [0.2, 0.25) is 0 Å². The SMILES string of the molecule is C=CC1OC(C(F)(F)F)(C(F)(F)F)OC1C=C. The Bertz CT molecular complexity index is 286. The quantitative estimate of drug-likeness (QED) is 0.562. The first kappa shape index (κ1) is 14.0. The molecule has 1 aliphatic rings. The Morgan fingerprint density at radius 3 is 1.29 bits per heavy atom. The summed E-state index contributed by atoms with van der Waals surface area (Å²) in [5.41, 5.74) is 0. The van der Waals surface area contributed by atoms with Gasteiger partial charge in [0.05, 0.1) is 0 Å². The van der Waals surface area contributed by atoms with Crippen LogP contribution >= 0.6 is 0 Å². The molecule has 2 unspecified atom stereocenters. The minimum Gasteiger partial charge on any atom is -0.325 e. The zero-order chi connectivity index (χ0) is 13.5. The van der Waals surface area contributed by atoms with Crippen LogP contribution in [0.25, 0.3) is 0 Å². The molecule has 0 spiro atoms. The van der Waals surface area contributed by atoms with E-state index in [0.29, 0.717) is 0 Å². The molecule has 0 saturated carbocycles. The Morgan fingerprint density at radius 1 is 0.824 bits per heavy atom. The molecule has 2 atom stereocenters. The third-order valence-electron chi connectivity index (χ3n) is 2.14. The Morgan fingerprint density at radius 2 is 1.12 bits per heavy atom. The van der Waals surface area contributed by atoms with Crippen molar-refractivity contribution in [1.29, 1.82) is 0 Å². The normalized spacial score (nSPS) is 29.1. The highest BCUT2D eigenvalue weighted by Gasteiger charge is 2.78. The molecule has 2 nitrogen and oxygen atoms in total. The van der Waals surface area contributed by atoms with Crippen molar-refractivity contribution in [3.05, 3.63) is 25.3 Å². The maximum absolute atomic E-state index is 12.5. The molecule has 1 aliphatic heterocycles. The first-order valence-corrected chi connectivity index (χ1v) is 4.33. The van der Waals surface area contributed by atoms with E-state index in [0.717, 1.165) is 12.2 Å². The van der Waals surface area contributed by atoms with Gasteiger partial charge in [0, 0.05) is 0 Å². The van der Waals surface area contributed by atoms with E-state index in [1.165, 1.54) is 0 Å². The topological polar surface area (TPSA) is 18.5 Å². The molecule has 1 saturated heterocycles. The van der Waals surface area contributed by atoms with Gasteiger partial charge in [-0.15, -0.1) is 13.2 Å². The molecule has 1 fully saturated rings. The highest BCUT2D eigenvalue weighted by Crippen LogP contribution is 2.51. The summed E-state index contributed by atoms with van der Waals surface area (Å²) < 4.78 is 82.9. The smallest absolute Gasteiger partial charge is 0.325 e. The van der Waals surface area contributed by atoms with E-state index in [4.69, 9.17) is 0 Å². The van der Waals surface area contributed by atoms with Crippen molar-refractivity contribution in [2.45, 2.75) is 30.3 Å². The summed E-state index contributed by atoms with van der Waals surface area (Å²) in [4.78, 5) is 0. The Kier molecular flexibility index (Phi) is 3.32. The maximum Gasteiger partial charge on any atom is 0.453 e. The van der Waals surface area contributed by atoms with Crippen LogP contribution in [-0.2, 0) is 9.47 Å². The predicted octanol–water partition coefficient (Wildman–Crippen LogP) is 2.96. The van der Waals surface area contributed by atoms with E-state index in [9.17, 15) is 26.3 Å². The van der Waals surface area contributed by atoms with Crippen molar-refractivity contribution in [2.75, 3.05) is 0 Å². The fraction of sp³-hybridized carbons (Fsp3) is 0.556. The first-order valence-electron chi connectivity index (χ1n) is 4.33. The van der Waals surface area contributed by atoms with Gasteiger partial charge in [-0.1, -0.05) is 12.2 Å². The van der Waals surface area contributed by atoms with E-state index in [1.54, 1.807) is 0 Å². The van der Waals surface area contributed by atoms with Crippen LogP contribution in [0.2, 0.25) is 0 Å². The summed E-state index contributed by atoms with van der Waals surface area (Å²) in [5, 5.41) is 0. The maximum atomic E-state index is 12.5. The van der Waals surface area contributed by atoms with Crippen LogP contribution in [-0.4, -0.2) is 30.3 Å². The Hall–Kier alpha value is -1.02. The second-order valence-electron chi connectivity index (χ2n) is 3.25. The van der Waals surface area contributed by atoms with Crippen LogP contribution in [0.15, 0.2) is 25.3 Å². The molecule has 1 rings (SSSR count). The lowest BCUT2D eigenvalue weighted by Gasteiger charge is -2.31. The van der Waals surface area contributed by atoms with Gasteiger partial charge in [-0.05, 0) is 0 Å². The summed E-state index contributed by atoms with van der Waals surface area (Å²) in [6.07, 6.45) is -13.0. The molecule has 0 aromatic heterocycles. The molecule has 1 heterocycles. The van der Waals surface area contributed by atoms with Crippen LogP contribution in [0.1, 0.15) is 0 Å². The fourth-order valence-corrected chi connectivity index (χ4v) is 1.34. The molecule has 8 heteroatoms. The molecule has 0 radical (unpaired) electrons. The van der Waals surface area contributed by atoms with E-state index in [2.05, 4.69) is 22.6 Å². The molecule has 0 aromatic carbocycles. The highest BCUT2D eigenvalue weighted by molar-refractivity contribution is 5.06. The van der Waals surface area contributed by atoms with E-state index in [1.807, 2.05) is 0 Å². The average Bonchev–Trinajstić information content (AvgIpc) is 2.55. The minimum atomic E-state index is -5.75. The monoisotopic (exact) mass is 262 g/mol. The lowest BCUT2D eigenvalue weighted by atomic mass is 10.2. The molecule has 17 heavy (non-hydrogen) atoms. The highest BCUT2D eigenvalue weighted by atomic mass is 19.4. The molecule has 0 bridgehead atoms. The Balaban J connectivity index is 3.22. The van der Waals surface area contributed by atoms with Crippen molar-refractivity contribution in [1.82, 2.24) is 0 Å². The van der Waals surface area contributed by atoms with Crippen molar-refractivity contribution < 1.29 is 35.8 Å². The lowest BCUT2D eigenvalue weighted by molar-refractivity contribution is -0.444. The van der Waals surface area contributed by atoms with Gasteiger partial charge < -0.3 is 9.47 Å². The standard InChI is InChI=1S/C9H8F6O2/c1-3-5-6(4-2)17-7(16-5,8(10,11)12)9(13,14)15/h3-6H,1-2H2. The van der Waals surface area contributed by atoms with E-state index in [-0.39, 0.29) is 0 Å². The largest absolute Gasteiger partial charge is 0.453 e. The number of rotatable bonds is 2. The second kappa shape index (κ2) is 4.02. The molecule has 98 valence electrons. The van der Waals surface area contributed by atoms with Gasteiger partial charge in [-0.25, -0.2) is 0 Å². The zero-order valence-electron chi connectivity index (χ0n) is 8.31. The van der Waals surface area contributed by atoms with Crippen LogP contribution in [0.5, 0.6) is 0 Å². The number of halogens is 6. The van der Waals surface area contributed by atoms with Gasteiger partial charge >= 0.3 is 18.1 Å². The molecule has 0 aromatic rings. The predicted molar refractivity (Wildman–Crippen MR) is 45.0 cm³/mol. The van der Waals surface area contributed by atoms with Crippen molar-refractivity contribution in [2.24, 2.45) is 0 Å². The van der Waals surface area contributed by atoms with Crippen LogP contribution < -0.4 is 0 Å². The van der Waals surface area contributed by atoms with Gasteiger partial charge in [0.1, 0.15) is 12.2 Å². The summed E-state index contributed by atoms with van der Waals surface area (Å²) in [7, 11) is 0. The number of alkyl halides is 6. The number of hydrogen-bond donors (Lipinski definition) is 0. The summed E-state index contributed by atoms with van der Waals surface area (Å²) in [6.45, 7) is 6.17. The summed E-state index contributed by atoms with van der Waals surface area (Å²) >= 11 is 0. The minimum absolute atomic E-state index is 0.797. The second-order valence-corrected chi connectivity index (χ2v) is 3.25. The average molecular weight is 262 g/mol. The zero-order valence-corrected chi connectivity index (χ0v) is 8.31. The van der Waals surface area contributed by atoms with E-state index >= 15 is 0 Å². The fourth-order valence-electron chi connectivity index (χ4n) is 1.34. The van der Waals surface area contributed by atoms with Crippen LogP contribution in [0.3, 0.4) is 0 Å². The molecular formula is C9H8F6O2. The summed E-state index contributed by atoms with van der Waals surface area (Å²) in [5.74, 6) is -4.63. The van der Waals surface area contributed by atoms with Crippen molar-refractivity contribution in [3.63, 3.8) is 0 Å². The van der Waals surface area contributed by atoms with Crippen molar-refractivity contribution in [3.8, 4) is 0 Å². The summed E-state index contributed by atoms with van der Waals surface area (Å²) in [6, 6.07) is 0. The van der Waals surface area contributed by atoms with Gasteiger partial charge in [-0.2, -0.15) is 26.3 Å². The first-order chi connectivity index (χ1) is 7.59. The van der Waals surface area contributed by atoms with Gasteiger partial charge in [-0.3, -0.25) is 0 Å². The number of ether oxygens (including phenoxy) is 2. The van der Waals surface area contributed by atoms with Gasteiger partial charge in [0.25, 0.3) is 0 Å². The third-order valence-corrected chi connectivity index (χ3v) is 2.14. The molecular weight excluding hydrogens is 254 g/mol. The molecule has 0 amide bonds. The van der Waals surface area contributed by atoms with E-state index < -0.39 is 30.3 Å². The van der Waals surface area contributed by atoms with Gasteiger partial charge in [0.15, 0.2) is 0 Å². The molecule has 0 aliphatic carbocycles. The van der Waals surface area contributed by atoms with Crippen LogP contribution in [0, 0.1) is 0 Å². The lowest BCUT2D eigenvalue weighted by Crippen LogP contribution is -2.58.